The Morgan fingerprint density at radius 3 is 2.39 bits per heavy atom. The average Bonchev–Trinajstić information content (AvgIpc) is 3.21. The van der Waals surface area contributed by atoms with Crippen molar-refractivity contribution in [2.24, 2.45) is 0 Å². The highest BCUT2D eigenvalue weighted by molar-refractivity contribution is 7.21. The number of nitrogen functional groups attached to an aromatic ring is 1. The number of benzene rings is 2. The van der Waals surface area contributed by atoms with E-state index < -0.39 is 0 Å². The Kier molecular flexibility index (Phi) is 5.46. The third-order valence-electron chi connectivity index (χ3n) is 5.31. The Morgan fingerprint density at radius 1 is 0.970 bits per heavy atom. The topological polar surface area (TPSA) is 90.1 Å². The number of methoxy groups -OCH3 is 1. The quantitative estimate of drug-likeness (QED) is 0.348. The SMILES string of the molecule is COc1ccc(-c2cc(-c3ccccc3)nc3sc(C(=O)Nc4ccncc4)c(N)c23)cc1. The number of pyridine rings is 2. The first-order chi connectivity index (χ1) is 16.1. The van der Waals surface area contributed by atoms with Crippen molar-refractivity contribution in [3.63, 3.8) is 0 Å². The summed E-state index contributed by atoms with van der Waals surface area (Å²) in [5.74, 6) is 0.492. The molecule has 0 saturated carbocycles. The molecule has 0 unspecified atom stereocenters. The summed E-state index contributed by atoms with van der Waals surface area (Å²) in [6.07, 6.45) is 3.25. The first-order valence-corrected chi connectivity index (χ1v) is 11.1. The van der Waals surface area contributed by atoms with Crippen molar-refractivity contribution in [2.45, 2.75) is 0 Å². The number of carbonyl (C=O) groups excluding carboxylic acids is 1. The molecule has 0 aliphatic carbocycles. The van der Waals surface area contributed by atoms with E-state index in [1.165, 1.54) is 11.3 Å². The van der Waals surface area contributed by atoms with E-state index >= 15 is 0 Å². The highest BCUT2D eigenvalue weighted by atomic mass is 32.1. The van der Waals surface area contributed by atoms with Crippen LogP contribution in [0.25, 0.3) is 32.6 Å². The van der Waals surface area contributed by atoms with Crippen molar-refractivity contribution >= 4 is 38.8 Å². The van der Waals surface area contributed by atoms with Gasteiger partial charge in [0.2, 0.25) is 0 Å². The second-order valence-electron chi connectivity index (χ2n) is 7.36. The molecule has 3 N–H and O–H groups in total. The number of hydrogen-bond acceptors (Lipinski definition) is 6. The van der Waals surface area contributed by atoms with Gasteiger partial charge < -0.3 is 15.8 Å². The number of nitrogens with zero attached hydrogens (tertiary/aromatic N) is 2. The predicted molar refractivity (Wildman–Crippen MR) is 134 cm³/mol. The van der Waals surface area contributed by atoms with E-state index in [4.69, 9.17) is 15.5 Å². The van der Waals surface area contributed by atoms with Gasteiger partial charge in [0.1, 0.15) is 15.5 Å². The van der Waals surface area contributed by atoms with Crippen molar-refractivity contribution in [1.29, 1.82) is 0 Å². The number of amides is 1. The van der Waals surface area contributed by atoms with Gasteiger partial charge in [-0.2, -0.15) is 0 Å². The third-order valence-corrected chi connectivity index (χ3v) is 6.41. The molecule has 5 rings (SSSR count). The summed E-state index contributed by atoms with van der Waals surface area (Å²) in [7, 11) is 1.64. The molecule has 0 aliphatic rings. The van der Waals surface area contributed by atoms with Crippen LogP contribution >= 0.6 is 11.3 Å². The van der Waals surface area contributed by atoms with Crippen LogP contribution in [-0.4, -0.2) is 23.0 Å². The van der Waals surface area contributed by atoms with Crippen molar-refractivity contribution in [2.75, 3.05) is 18.2 Å². The van der Waals surface area contributed by atoms with Crippen LogP contribution in [0.3, 0.4) is 0 Å². The van der Waals surface area contributed by atoms with E-state index in [1.54, 1.807) is 31.6 Å². The maximum absolute atomic E-state index is 13.0. The number of nitrogens with two attached hydrogens (primary N) is 1. The Morgan fingerprint density at radius 2 is 1.70 bits per heavy atom. The van der Waals surface area contributed by atoms with Gasteiger partial charge >= 0.3 is 0 Å². The number of hydrogen-bond donors (Lipinski definition) is 2. The number of aromatic nitrogens is 2. The van der Waals surface area contributed by atoms with E-state index in [0.717, 1.165) is 33.5 Å². The minimum absolute atomic E-state index is 0.274. The molecule has 6 nitrogen and oxygen atoms in total. The molecular formula is C26H20N4O2S. The standard InChI is InChI=1S/C26H20N4O2S/c1-32-19-9-7-16(8-10-19)20-15-21(17-5-3-2-4-6-17)30-26-22(20)23(27)24(33-26)25(31)29-18-11-13-28-14-12-18/h2-15H,27H2,1H3,(H,28,29,31). The van der Waals surface area contributed by atoms with Gasteiger partial charge in [0, 0.05) is 29.0 Å². The monoisotopic (exact) mass is 452 g/mol. The molecule has 162 valence electrons. The molecule has 33 heavy (non-hydrogen) atoms. The average molecular weight is 453 g/mol. The second kappa shape index (κ2) is 8.72. The van der Waals surface area contributed by atoms with E-state index in [2.05, 4.69) is 10.3 Å². The molecule has 0 saturated heterocycles. The lowest BCUT2D eigenvalue weighted by Crippen LogP contribution is -2.11. The van der Waals surface area contributed by atoms with E-state index in [1.807, 2.05) is 60.7 Å². The minimum Gasteiger partial charge on any atom is -0.497 e. The summed E-state index contributed by atoms with van der Waals surface area (Å²) >= 11 is 1.29. The summed E-state index contributed by atoms with van der Waals surface area (Å²) in [4.78, 5) is 23.0. The fraction of sp³-hybridized carbons (Fsp3) is 0.0385. The zero-order chi connectivity index (χ0) is 22.8. The van der Waals surface area contributed by atoms with Crippen LogP contribution in [0.15, 0.2) is 85.2 Å². The van der Waals surface area contributed by atoms with Gasteiger partial charge in [0.05, 0.1) is 18.5 Å². The molecule has 0 spiro atoms. The largest absolute Gasteiger partial charge is 0.497 e. The molecule has 0 fully saturated rings. The number of nitrogens with one attached hydrogen (secondary N) is 1. The Labute approximate surface area is 194 Å². The van der Waals surface area contributed by atoms with Crippen LogP contribution < -0.4 is 15.8 Å². The molecular weight excluding hydrogens is 432 g/mol. The van der Waals surface area contributed by atoms with Crippen molar-refractivity contribution < 1.29 is 9.53 Å². The zero-order valence-electron chi connectivity index (χ0n) is 17.8. The lowest BCUT2D eigenvalue weighted by molar-refractivity contribution is 0.103. The summed E-state index contributed by atoms with van der Waals surface area (Å²) in [5, 5.41) is 3.66. The van der Waals surface area contributed by atoms with E-state index in [0.29, 0.717) is 21.1 Å². The minimum atomic E-state index is -0.274. The molecule has 3 aromatic heterocycles. The molecule has 0 radical (unpaired) electrons. The Hall–Kier alpha value is -4.23. The van der Waals surface area contributed by atoms with Gasteiger partial charge in [-0.1, -0.05) is 42.5 Å². The highest BCUT2D eigenvalue weighted by Crippen LogP contribution is 2.41. The predicted octanol–water partition coefficient (Wildman–Crippen LogP) is 5.87. The van der Waals surface area contributed by atoms with Crippen molar-refractivity contribution in [3.05, 3.63) is 90.1 Å². The molecule has 0 bridgehead atoms. The smallest absolute Gasteiger partial charge is 0.267 e. The molecule has 7 heteroatoms. The van der Waals surface area contributed by atoms with Crippen LogP contribution in [0.1, 0.15) is 9.67 Å². The number of thiophene rings is 1. The lowest BCUT2D eigenvalue weighted by Gasteiger charge is -2.10. The molecule has 5 aromatic rings. The van der Waals surface area contributed by atoms with Gasteiger partial charge in [-0.25, -0.2) is 4.98 Å². The van der Waals surface area contributed by atoms with E-state index in [9.17, 15) is 4.79 Å². The van der Waals surface area contributed by atoms with Crippen LogP contribution in [0.2, 0.25) is 0 Å². The number of ether oxygens (including phenoxy) is 1. The number of rotatable bonds is 5. The molecule has 2 aromatic carbocycles. The molecule has 0 atom stereocenters. The fourth-order valence-corrected chi connectivity index (χ4v) is 4.68. The first-order valence-electron chi connectivity index (χ1n) is 10.3. The third kappa shape index (κ3) is 4.02. The summed E-state index contributed by atoms with van der Waals surface area (Å²) in [6, 6.07) is 23.2. The van der Waals surface area contributed by atoms with Crippen LogP contribution in [0.4, 0.5) is 11.4 Å². The van der Waals surface area contributed by atoms with Gasteiger partial charge in [0.25, 0.3) is 5.91 Å². The lowest BCUT2D eigenvalue weighted by atomic mass is 9.99. The fourth-order valence-electron chi connectivity index (χ4n) is 3.67. The van der Waals surface area contributed by atoms with Crippen LogP contribution in [0, 0.1) is 0 Å². The number of carbonyl (C=O) groups is 1. The maximum Gasteiger partial charge on any atom is 0.267 e. The summed E-state index contributed by atoms with van der Waals surface area (Å²) in [5.41, 5.74) is 11.3. The molecule has 0 aliphatic heterocycles. The van der Waals surface area contributed by atoms with Crippen molar-refractivity contribution in [1.82, 2.24) is 9.97 Å². The second-order valence-corrected chi connectivity index (χ2v) is 8.36. The van der Waals surface area contributed by atoms with Crippen molar-refractivity contribution in [3.8, 4) is 28.1 Å². The normalized spacial score (nSPS) is 10.8. The first kappa shape index (κ1) is 20.7. The van der Waals surface area contributed by atoms with Crippen LogP contribution in [-0.2, 0) is 0 Å². The van der Waals surface area contributed by atoms with Gasteiger partial charge in [-0.05, 0) is 41.5 Å². The zero-order valence-corrected chi connectivity index (χ0v) is 18.6. The Balaban J connectivity index is 1.68. The number of anilines is 2. The van der Waals surface area contributed by atoms with E-state index in [-0.39, 0.29) is 5.91 Å². The molecule has 3 heterocycles. The molecule has 1 amide bonds. The Bertz CT molecular complexity index is 1430. The number of fused-ring (bicyclic) bond motifs is 1. The highest BCUT2D eigenvalue weighted by Gasteiger charge is 2.22. The summed E-state index contributed by atoms with van der Waals surface area (Å²) < 4.78 is 5.31. The summed E-state index contributed by atoms with van der Waals surface area (Å²) in [6.45, 7) is 0. The maximum atomic E-state index is 13.0. The van der Waals surface area contributed by atoms with Gasteiger partial charge in [-0.15, -0.1) is 11.3 Å². The van der Waals surface area contributed by atoms with Crippen LogP contribution in [0.5, 0.6) is 5.75 Å². The van der Waals surface area contributed by atoms with Gasteiger partial charge in [0.15, 0.2) is 0 Å². The van der Waals surface area contributed by atoms with Gasteiger partial charge in [-0.3, -0.25) is 9.78 Å².